The van der Waals surface area contributed by atoms with Crippen LogP contribution in [0.4, 0.5) is 5.69 Å². The highest BCUT2D eigenvalue weighted by Gasteiger charge is 2.07. The molecule has 5 nitrogen and oxygen atoms in total. The van der Waals surface area contributed by atoms with Crippen molar-refractivity contribution in [1.29, 1.82) is 0 Å². The van der Waals surface area contributed by atoms with Crippen molar-refractivity contribution in [2.45, 2.75) is 194 Å². The van der Waals surface area contributed by atoms with Gasteiger partial charge in [0.05, 0.1) is 18.9 Å². The molecule has 2 aromatic carbocycles. The van der Waals surface area contributed by atoms with E-state index in [9.17, 15) is 9.90 Å². The van der Waals surface area contributed by atoms with Crippen molar-refractivity contribution in [1.82, 2.24) is 0 Å². The van der Waals surface area contributed by atoms with Gasteiger partial charge in [-0.2, -0.15) is 0 Å². The molecular weight excluding hydrogens is 631 g/mol. The summed E-state index contributed by atoms with van der Waals surface area (Å²) in [6.45, 7) is 5.94. The van der Waals surface area contributed by atoms with Crippen molar-refractivity contribution >= 4 is 11.9 Å². The van der Waals surface area contributed by atoms with Crippen LogP contribution < -0.4 is 14.9 Å². The lowest BCUT2D eigenvalue weighted by atomic mass is 10.0. The number of hydrogen-bond donors (Lipinski definition) is 1. The van der Waals surface area contributed by atoms with Gasteiger partial charge in [-0.25, -0.2) is 0 Å². The van der Waals surface area contributed by atoms with Crippen LogP contribution >= 0.6 is 0 Å². The molecule has 0 aromatic heterocycles. The molecule has 0 saturated heterocycles. The van der Waals surface area contributed by atoms with Crippen LogP contribution in [-0.4, -0.2) is 24.5 Å². The smallest absolute Gasteiger partial charge is 0.220 e. The van der Waals surface area contributed by atoms with E-state index in [0.29, 0.717) is 18.9 Å². The Kier molecular flexibility index (Phi) is 27.7. The highest BCUT2D eigenvalue weighted by Crippen LogP contribution is 2.29. The van der Waals surface area contributed by atoms with Crippen LogP contribution in [0, 0.1) is 0 Å². The molecule has 5 heteroatoms. The Labute approximate surface area is 313 Å². The maximum absolute atomic E-state index is 11.7. The lowest BCUT2D eigenvalue weighted by Gasteiger charge is -2.14. The standard InChI is InChI=1S/C46H75NO4/c1-3-5-7-9-11-13-15-17-19-21-23-25-27-29-37-50-45-36-31-41(40-47-42-32-34-43(48)44(49)35-33-42)39-46(45)51-38-30-28-26-24-22-20-18-16-14-12-10-8-6-4-2/h31-36,39-40H,3-30,37-38H2,1-2H3,(H,48,49). The van der Waals surface area contributed by atoms with Gasteiger partial charge in [-0.1, -0.05) is 181 Å². The second kappa shape index (κ2) is 31.9. The SMILES string of the molecule is CCCCCCCCCCCCCCCCOc1ccc(C=Nc2ccc(O)c(=O)cc2)cc1OCCCCCCCCCCCCCCCC. The molecule has 51 heavy (non-hydrogen) atoms. The summed E-state index contributed by atoms with van der Waals surface area (Å²) in [7, 11) is 0. The van der Waals surface area contributed by atoms with Crippen molar-refractivity contribution in [3.8, 4) is 17.2 Å². The maximum atomic E-state index is 11.7. The maximum Gasteiger partial charge on any atom is 0.220 e. The van der Waals surface area contributed by atoms with Crippen molar-refractivity contribution in [3.63, 3.8) is 0 Å². The molecule has 0 amide bonds. The number of aliphatic imine (C=N–C) groups is 1. The van der Waals surface area contributed by atoms with Crippen LogP contribution in [0.5, 0.6) is 17.2 Å². The molecule has 288 valence electrons. The molecule has 0 atom stereocenters. The predicted octanol–water partition coefficient (Wildman–Crippen LogP) is 14.2. The van der Waals surface area contributed by atoms with Crippen LogP contribution in [0.1, 0.15) is 199 Å². The van der Waals surface area contributed by atoms with Crippen LogP contribution in [0.3, 0.4) is 0 Å². The molecule has 0 radical (unpaired) electrons. The fourth-order valence-electron chi connectivity index (χ4n) is 6.58. The Morgan fingerprint density at radius 2 is 0.882 bits per heavy atom. The second-order valence-corrected chi connectivity index (χ2v) is 14.7. The number of hydrogen-bond acceptors (Lipinski definition) is 5. The molecule has 2 rings (SSSR count). The van der Waals surface area contributed by atoms with E-state index >= 15 is 0 Å². The minimum atomic E-state index is -0.420. The van der Waals surface area contributed by atoms with E-state index in [1.54, 1.807) is 18.3 Å². The number of nitrogens with zero attached hydrogens (tertiary/aromatic N) is 1. The molecule has 0 aliphatic rings. The predicted molar refractivity (Wildman–Crippen MR) is 220 cm³/mol. The number of benzene rings is 1. The Morgan fingerprint density at radius 1 is 0.490 bits per heavy atom. The van der Waals surface area contributed by atoms with E-state index in [1.165, 1.54) is 179 Å². The number of ether oxygens (including phenoxy) is 2. The van der Waals surface area contributed by atoms with Crippen molar-refractivity contribution in [3.05, 3.63) is 58.3 Å². The zero-order valence-electron chi connectivity index (χ0n) is 33.0. The third kappa shape index (κ3) is 24.1. The summed E-state index contributed by atoms with van der Waals surface area (Å²) >= 11 is 0. The van der Waals surface area contributed by atoms with Crippen molar-refractivity contribution in [2.75, 3.05) is 13.2 Å². The summed E-state index contributed by atoms with van der Waals surface area (Å²) in [6.07, 6.45) is 39.3. The highest BCUT2D eigenvalue weighted by molar-refractivity contribution is 5.83. The minimum absolute atomic E-state index is 0.282. The van der Waals surface area contributed by atoms with Gasteiger partial charge in [-0.15, -0.1) is 0 Å². The van der Waals surface area contributed by atoms with Crippen LogP contribution in [0.15, 0.2) is 52.3 Å². The van der Waals surface area contributed by atoms with Gasteiger partial charge in [0.1, 0.15) is 0 Å². The Bertz CT molecular complexity index is 1200. The van der Waals surface area contributed by atoms with Gasteiger partial charge in [0.15, 0.2) is 17.2 Å². The van der Waals surface area contributed by atoms with Gasteiger partial charge < -0.3 is 14.6 Å². The fraction of sp³-hybridized carbons (Fsp3) is 0.696. The van der Waals surface area contributed by atoms with Crippen LogP contribution in [-0.2, 0) is 0 Å². The third-order valence-corrected chi connectivity index (χ3v) is 9.91. The first-order chi connectivity index (χ1) is 25.1. The van der Waals surface area contributed by atoms with Gasteiger partial charge in [0, 0.05) is 6.21 Å². The normalized spacial score (nSPS) is 11.4. The third-order valence-electron chi connectivity index (χ3n) is 9.91. The lowest BCUT2D eigenvalue weighted by molar-refractivity contribution is 0.258. The first-order valence-corrected chi connectivity index (χ1v) is 21.4. The van der Waals surface area contributed by atoms with E-state index in [0.717, 1.165) is 29.9 Å². The molecule has 1 N–H and O–H groups in total. The fourth-order valence-corrected chi connectivity index (χ4v) is 6.58. The monoisotopic (exact) mass is 706 g/mol. The zero-order chi connectivity index (χ0) is 36.5. The summed E-state index contributed by atoms with van der Waals surface area (Å²) in [5.41, 5.74) is 1.07. The summed E-state index contributed by atoms with van der Waals surface area (Å²) in [6, 6.07) is 11.9. The largest absolute Gasteiger partial charge is 0.504 e. The summed E-state index contributed by atoms with van der Waals surface area (Å²) in [4.78, 5) is 16.2. The van der Waals surface area contributed by atoms with Gasteiger partial charge >= 0.3 is 0 Å². The van der Waals surface area contributed by atoms with E-state index in [1.807, 2.05) is 18.2 Å². The average Bonchev–Trinajstić information content (AvgIpc) is 3.30. The molecule has 2 aromatic rings. The number of unbranched alkanes of at least 4 members (excludes halogenated alkanes) is 26. The van der Waals surface area contributed by atoms with Gasteiger partial charge in [-0.3, -0.25) is 9.79 Å². The number of rotatable bonds is 34. The molecule has 0 aliphatic carbocycles. The summed E-state index contributed by atoms with van der Waals surface area (Å²) in [5.74, 6) is 1.27. The van der Waals surface area contributed by atoms with E-state index in [2.05, 4.69) is 18.8 Å². The van der Waals surface area contributed by atoms with Crippen molar-refractivity contribution in [2.24, 2.45) is 4.99 Å². The second-order valence-electron chi connectivity index (χ2n) is 14.7. The van der Waals surface area contributed by atoms with E-state index < -0.39 is 5.43 Å². The molecule has 0 fully saturated rings. The molecule has 0 bridgehead atoms. The van der Waals surface area contributed by atoms with Crippen LogP contribution in [0.25, 0.3) is 0 Å². The van der Waals surface area contributed by atoms with Crippen molar-refractivity contribution < 1.29 is 14.6 Å². The zero-order valence-corrected chi connectivity index (χ0v) is 33.0. The minimum Gasteiger partial charge on any atom is -0.504 e. The highest BCUT2D eigenvalue weighted by atomic mass is 16.5. The average molecular weight is 706 g/mol. The Hall–Kier alpha value is -2.82. The van der Waals surface area contributed by atoms with E-state index in [4.69, 9.17) is 9.47 Å². The summed E-state index contributed by atoms with van der Waals surface area (Å²) in [5, 5.41) is 9.70. The van der Waals surface area contributed by atoms with Gasteiger partial charge in [0.25, 0.3) is 0 Å². The molecule has 0 spiro atoms. The Morgan fingerprint density at radius 3 is 1.33 bits per heavy atom. The van der Waals surface area contributed by atoms with Crippen LogP contribution in [0.2, 0.25) is 0 Å². The van der Waals surface area contributed by atoms with Gasteiger partial charge in [0.2, 0.25) is 5.43 Å². The first-order valence-electron chi connectivity index (χ1n) is 21.4. The number of aromatic hydroxyl groups is 1. The summed E-state index contributed by atoms with van der Waals surface area (Å²) < 4.78 is 12.5. The topological polar surface area (TPSA) is 68.1 Å². The molecular formula is C46H75NO4. The quantitative estimate of drug-likeness (QED) is 0.0581. The molecule has 0 unspecified atom stereocenters. The Balaban J connectivity index is 1.70. The molecule has 0 aliphatic heterocycles. The molecule has 0 heterocycles. The molecule has 0 saturated carbocycles. The van der Waals surface area contributed by atoms with Gasteiger partial charge in [-0.05, 0) is 60.9 Å². The first kappa shape index (κ1) is 44.3. The van der Waals surface area contributed by atoms with E-state index in [-0.39, 0.29) is 5.75 Å². The lowest BCUT2D eigenvalue weighted by Crippen LogP contribution is -2.03.